The first-order valence-corrected chi connectivity index (χ1v) is 6.07. The zero-order valence-corrected chi connectivity index (χ0v) is 11.5. The molecule has 1 aromatic carbocycles. The molecule has 1 aromatic heterocycles. The molecule has 18 heavy (non-hydrogen) atoms. The van der Waals surface area contributed by atoms with Crippen LogP contribution in [0.3, 0.4) is 0 Å². The molecule has 5 heteroatoms. The summed E-state index contributed by atoms with van der Waals surface area (Å²) in [7, 11) is 0. The Bertz CT molecular complexity index is 614. The Morgan fingerprint density at radius 1 is 1.22 bits per heavy atom. The van der Waals surface area contributed by atoms with Crippen LogP contribution in [0.2, 0.25) is 0 Å². The summed E-state index contributed by atoms with van der Waals surface area (Å²) >= 11 is 3.29. The van der Waals surface area contributed by atoms with Crippen LogP contribution in [0.15, 0.2) is 28.9 Å². The van der Waals surface area contributed by atoms with Gasteiger partial charge in [-0.05, 0) is 47.5 Å². The van der Waals surface area contributed by atoms with Crippen molar-refractivity contribution in [1.82, 2.24) is 9.97 Å². The molecule has 2 rings (SSSR count). The monoisotopic (exact) mass is 303 g/mol. The van der Waals surface area contributed by atoms with Crippen LogP contribution < -0.4 is 4.74 Å². The molecule has 0 unspecified atom stereocenters. The molecule has 90 valence electrons. The molecule has 0 saturated heterocycles. The number of halogens is 1. The molecule has 0 aliphatic heterocycles. The van der Waals surface area contributed by atoms with Gasteiger partial charge in [-0.3, -0.25) is 0 Å². The summed E-state index contributed by atoms with van der Waals surface area (Å²) in [6.45, 7) is 3.70. The van der Waals surface area contributed by atoms with Gasteiger partial charge >= 0.3 is 0 Å². The van der Waals surface area contributed by atoms with Crippen molar-refractivity contribution in [1.29, 1.82) is 5.26 Å². The van der Waals surface area contributed by atoms with Crippen LogP contribution in [0.5, 0.6) is 11.6 Å². The lowest BCUT2D eigenvalue weighted by Gasteiger charge is -2.08. The molecule has 0 aliphatic rings. The molecule has 0 amide bonds. The molecule has 2 aromatic rings. The molecule has 1 heterocycles. The fourth-order valence-corrected chi connectivity index (χ4v) is 1.90. The van der Waals surface area contributed by atoms with Crippen molar-refractivity contribution in [3.63, 3.8) is 0 Å². The summed E-state index contributed by atoms with van der Waals surface area (Å²) in [6.07, 6.45) is 0. The van der Waals surface area contributed by atoms with Crippen molar-refractivity contribution in [3.05, 3.63) is 45.8 Å². The molecule has 4 nitrogen and oxygen atoms in total. The number of rotatable bonds is 2. The second kappa shape index (κ2) is 5.15. The highest BCUT2D eigenvalue weighted by Gasteiger charge is 2.06. The predicted molar refractivity (Wildman–Crippen MR) is 70.4 cm³/mol. The lowest BCUT2D eigenvalue weighted by Crippen LogP contribution is -1.95. The number of benzene rings is 1. The summed E-state index contributed by atoms with van der Waals surface area (Å²) < 4.78 is 6.35. The summed E-state index contributed by atoms with van der Waals surface area (Å²) in [4.78, 5) is 8.28. The maximum Gasteiger partial charge on any atom is 0.223 e. The highest BCUT2D eigenvalue weighted by Crippen LogP contribution is 2.26. The zero-order valence-electron chi connectivity index (χ0n) is 9.94. The molecule has 0 aliphatic carbocycles. The van der Waals surface area contributed by atoms with Crippen LogP contribution in [-0.2, 0) is 0 Å². The maximum absolute atomic E-state index is 8.87. The van der Waals surface area contributed by atoms with E-state index in [1.807, 2.05) is 13.0 Å². The van der Waals surface area contributed by atoms with Crippen LogP contribution in [0, 0.1) is 25.2 Å². The minimum atomic E-state index is 0.451. The van der Waals surface area contributed by atoms with E-state index in [9.17, 15) is 0 Å². The molecule has 0 spiro atoms. The number of hydrogen-bond acceptors (Lipinski definition) is 4. The van der Waals surface area contributed by atoms with Gasteiger partial charge in [-0.2, -0.15) is 10.2 Å². The van der Waals surface area contributed by atoms with E-state index < -0.39 is 0 Å². The van der Waals surface area contributed by atoms with E-state index in [4.69, 9.17) is 10.00 Å². The van der Waals surface area contributed by atoms with E-state index in [1.165, 1.54) is 0 Å². The topological polar surface area (TPSA) is 58.8 Å². The van der Waals surface area contributed by atoms with E-state index in [0.717, 1.165) is 5.56 Å². The van der Waals surface area contributed by atoms with Crippen molar-refractivity contribution in [2.24, 2.45) is 0 Å². The Balaban J connectivity index is 2.36. The van der Waals surface area contributed by atoms with Gasteiger partial charge in [0.05, 0.1) is 11.6 Å². The van der Waals surface area contributed by atoms with Crippen molar-refractivity contribution >= 4 is 15.9 Å². The quantitative estimate of drug-likeness (QED) is 0.796. The number of nitrogens with zero attached hydrogens (tertiary/aromatic N) is 3. The molecule has 0 radical (unpaired) electrons. The summed E-state index contributed by atoms with van der Waals surface area (Å²) in [5.41, 5.74) is 1.50. The largest absolute Gasteiger partial charge is 0.439 e. The average molecular weight is 304 g/mol. The normalized spacial score (nSPS) is 9.89. The summed E-state index contributed by atoms with van der Waals surface area (Å²) in [5, 5.41) is 8.87. The fourth-order valence-electron chi connectivity index (χ4n) is 1.45. The smallest absolute Gasteiger partial charge is 0.223 e. The van der Waals surface area contributed by atoms with E-state index >= 15 is 0 Å². The first kappa shape index (κ1) is 12.5. The first-order chi connectivity index (χ1) is 8.58. The van der Waals surface area contributed by atoms with Crippen LogP contribution in [-0.4, -0.2) is 9.97 Å². The minimum absolute atomic E-state index is 0.451. The Hall–Kier alpha value is -1.93. The number of hydrogen-bond donors (Lipinski definition) is 0. The molecular formula is C13H10BrN3O. The van der Waals surface area contributed by atoms with Crippen LogP contribution in [0.25, 0.3) is 0 Å². The van der Waals surface area contributed by atoms with Gasteiger partial charge < -0.3 is 4.74 Å². The van der Waals surface area contributed by atoms with Crippen LogP contribution >= 0.6 is 15.9 Å². The van der Waals surface area contributed by atoms with E-state index in [0.29, 0.717) is 27.6 Å². The van der Waals surface area contributed by atoms with Crippen molar-refractivity contribution in [3.8, 4) is 17.7 Å². The van der Waals surface area contributed by atoms with Gasteiger partial charge in [-0.15, -0.1) is 0 Å². The minimum Gasteiger partial charge on any atom is -0.439 e. The van der Waals surface area contributed by atoms with Gasteiger partial charge in [0.2, 0.25) is 5.88 Å². The molecule has 0 bridgehead atoms. The standard InChI is InChI=1S/C13H10BrN3O/c1-8-3-4-10(7-15)5-11(8)18-13-6-12(14)16-9(2)17-13/h3-6H,1-2H3. The fraction of sp³-hybridized carbons (Fsp3) is 0.154. The number of nitriles is 1. The van der Waals surface area contributed by atoms with E-state index in [-0.39, 0.29) is 0 Å². The van der Waals surface area contributed by atoms with E-state index in [1.54, 1.807) is 25.1 Å². The van der Waals surface area contributed by atoms with Gasteiger partial charge in [-0.25, -0.2) is 4.98 Å². The number of aromatic nitrogens is 2. The van der Waals surface area contributed by atoms with Gasteiger partial charge in [0, 0.05) is 6.07 Å². The first-order valence-electron chi connectivity index (χ1n) is 5.28. The highest BCUT2D eigenvalue weighted by atomic mass is 79.9. The lowest BCUT2D eigenvalue weighted by molar-refractivity contribution is 0.455. The molecular weight excluding hydrogens is 294 g/mol. The Morgan fingerprint density at radius 3 is 2.67 bits per heavy atom. The molecule has 0 atom stereocenters. The van der Waals surface area contributed by atoms with E-state index in [2.05, 4.69) is 32.0 Å². The number of ether oxygens (including phenoxy) is 1. The maximum atomic E-state index is 8.87. The Kier molecular flexibility index (Phi) is 3.58. The third-order valence-electron chi connectivity index (χ3n) is 2.31. The van der Waals surface area contributed by atoms with Crippen molar-refractivity contribution < 1.29 is 4.74 Å². The highest BCUT2D eigenvalue weighted by molar-refractivity contribution is 9.10. The van der Waals surface area contributed by atoms with Crippen molar-refractivity contribution in [2.45, 2.75) is 13.8 Å². The Labute approximate surface area is 113 Å². The zero-order chi connectivity index (χ0) is 13.1. The Morgan fingerprint density at radius 2 is 2.00 bits per heavy atom. The predicted octanol–water partition coefficient (Wildman–Crippen LogP) is 3.52. The third kappa shape index (κ3) is 2.84. The second-order valence-electron chi connectivity index (χ2n) is 3.77. The summed E-state index contributed by atoms with van der Waals surface area (Å²) in [5.74, 6) is 1.69. The average Bonchev–Trinajstić information content (AvgIpc) is 2.30. The van der Waals surface area contributed by atoms with Crippen LogP contribution in [0.1, 0.15) is 17.0 Å². The third-order valence-corrected chi connectivity index (χ3v) is 2.72. The van der Waals surface area contributed by atoms with Gasteiger partial charge in [0.25, 0.3) is 0 Å². The molecule has 0 fully saturated rings. The lowest BCUT2D eigenvalue weighted by atomic mass is 10.1. The molecule has 0 saturated carbocycles. The van der Waals surface area contributed by atoms with Gasteiger partial charge in [0.1, 0.15) is 16.2 Å². The van der Waals surface area contributed by atoms with Gasteiger partial charge in [-0.1, -0.05) is 6.07 Å². The van der Waals surface area contributed by atoms with Crippen molar-refractivity contribution in [2.75, 3.05) is 0 Å². The second-order valence-corrected chi connectivity index (χ2v) is 4.58. The van der Waals surface area contributed by atoms with Gasteiger partial charge in [0.15, 0.2) is 0 Å². The number of aryl methyl sites for hydroxylation is 2. The molecule has 0 N–H and O–H groups in total. The summed E-state index contributed by atoms with van der Waals surface area (Å²) in [6, 6.07) is 9.06. The van der Waals surface area contributed by atoms with Crippen LogP contribution in [0.4, 0.5) is 0 Å². The SMILES string of the molecule is Cc1nc(Br)cc(Oc2cc(C#N)ccc2C)n1.